The fourth-order valence-corrected chi connectivity index (χ4v) is 2.85. The molecular formula is C19H33N7O. The number of anilines is 1. The molecule has 8 heteroatoms. The summed E-state index contributed by atoms with van der Waals surface area (Å²) < 4.78 is 0. The lowest BCUT2D eigenvalue weighted by Crippen LogP contribution is -2.46. The molecule has 1 amide bonds. The lowest BCUT2D eigenvalue weighted by Gasteiger charge is -2.34. The number of nitrogens with zero attached hydrogens (tertiary/aromatic N) is 5. The fraction of sp³-hybridized carbons (Fsp3) is 0.632. The van der Waals surface area contributed by atoms with Gasteiger partial charge in [-0.2, -0.15) is 0 Å². The number of carbonyl (C=O) groups is 1. The Morgan fingerprint density at radius 2 is 1.96 bits per heavy atom. The van der Waals surface area contributed by atoms with Crippen LogP contribution in [-0.2, 0) is 11.3 Å². The fourth-order valence-electron chi connectivity index (χ4n) is 2.85. The average molecular weight is 376 g/mol. The number of carbonyl (C=O) groups excluding carboxylic acids is 1. The molecule has 27 heavy (non-hydrogen) atoms. The lowest BCUT2D eigenvalue weighted by molar-refractivity contribution is -0.127. The number of likely N-dealkylation sites (N-methyl/N-ethyl adjacent to an activating group) is 2. The SMILES string of the molecule is CCNC(=NCc1ccnc(N2CCN(CC)CC2)c1)NCC(=O)N(C)C. The Morgan fingerprint density at radius 1 is 1.22 bits per heavy atom. The second-order valence-corrected chi connectivity index (χ2v) is 6.78. The van der Waals surface area contributed by atoms with Gasteiger partial charge in [0.25, 0.3) is 0 Å². The summed E-state index contributed by atoms with van der Waals surface area (Å²) in [6.07, 6.45) is 1.85. The van der Waals surface area contributed by atoms with Crippen LogP contribution in [-0.4, -0.2) is 86.6 Å². The minimum Gasteiger partial charge on any atom is -0.357 e. The molecule has 1 aromatic heterocycles. The number of rotatable bonds is 7. The summed E-state index contributed by atoms with van der Waals surface area (Å²) in [5.41, 5.74) is 1.11. The highest BCUT2D eigenvalue weighted by Gasteiger charge is 2.16. The van der Waals surface area contributed by atoms with Crippen molar-refractivity contribution in [1.29, 1.82) is 0 Å². The van der Waals surface area contributed by atoms with Crippen LogP contribution in [0.4, 0.5) is 5.82 Å². The number of aromatic nitrogens is 1. The second kappa shape index (κ2) is 10.7. The topological polar surface area (TPSA) is 76.1 Å². The highest BCUT2D eigenvalue weighted by molar-refractivity contribution is 5.86. The summed E-state index contributed by atoms with van der Waals surface area (Å²) in [6.45, 7) is 11.0. The van der Waals surface area contributed by atoms with E-state index in [1.54, 1.807) is 19.0 Å². The quantitative estimate of drug-likeness (QED) is 0.530. The van der Waals surface area contributed by atoms with Crippen LogP contribution in [0.5, 0.6) is 0 Å². The summed E-state index contributed by atoms with van der Waals surface area (Å²) in [6, 6.07) is 4.10. The number of piperazine rings is 1. The zero-order valence-corrected chi connectivity index (χ0v) is 17.0. The maximum Gasteiger partial charge on any atom is 0.241 e. The van der Waals surface area contributed by atoms with E-state index < -0.39 is 0 Å². The number of hydrogen-bond acceptors (Lipinski definition) is 5. The van der Waals surface area contributed by atoms with Crippen LogP contribution in [0.25, 0.3) is 0 Å². The summed E-state index contributed by atoms with van der Waals surface area (Å²) in [7, 11) is 3.49. The van der Waals surface area contributed by atoms with Crippen LogP contribution in [0.1, 0.15) is 19.4 Å². The molecule has 0 aliphatic carbocycles. The zero-order valence-electron chi connectivity index (χ0n) is 17.0. The minimum absolute atomic E-state index is 0.0121. The van der Waals surface area contributed by atoms with E-state index in [0.717, 1.165) is 50.6 Å². The van der Waals surface area contributed by atoms with Gasteiger partial charge in [0, 0.05) is 53.0 Å². The van der Waals surface area contributed by atoms with Crippen LogP contribution >= 0.6 is 0 Å². The predicted octanol–water partition coefficient (Wildman–Crippen LogP) is 0.367. The van der Waals surface area contributed by atoms with Crippen LogP contribution in [0, 0.1) is 0 Å². The second-order valence-electron chi connectivity index (χ2n) is 6.78. The first-order valence-corrected chi connectivity index (χ1v) is 9.68. The van der Waals surface area contributed by atoms with Crippen LogP contribution in [0.2, 0.25) is 0 Å². The molecule has 2 N–H and O–H groups in total. The first-order chi connectivity index (χ1) is 13.0. The summed E-state index contributed by atoms with van der Waals surface area (Å²) >= 11 is 0. The molecule has 0 aromatic carbocycles. The van der Waals surface area contributed by atoms with Crippen molar-refractivity contribution in [3.05, 3.63) is 23.9 Å². The van der Waals surface area contributed by atoms with Gasteiger partial charge < -0.3 is 25.3 Å². The van der Waals surface area contributed by atoms with Gasteiger partial charge in [0.15, 0.2) is 5.96 Å². The van der Waals surface area contributed by atoms with Crippen LogP contribution in [0.15, 0.2) is 23.3 Å². The number of amides is 1. The van der Waals surface area contributed by atoms with Gasteiger partial charge in [-0.1, -0.05) is 6.92 Å². The maximum absolute atomic E-state index is 11.8. The third-order valence-corrected chi connectivity index (χ3v) is 4.62. The largest absolute Gasteiger partial charge is 0.357 e. The Hall–Kier alpha value is -2.35. The number of aliphatic imine (C=N–C) groups is 1. The number of nitrogens with one attached hydrogen (secondary N) is 2. The van der Waals surface area contributed by atoms with Gasteiger partial charge in [0.2, 0.25) is 5.91 Å². The molecule has 0 bridgehead atoms. The molecule has 0 spiro atoms. The van der Waals surface area contributed by atoms with Gasteiger partial charge in [-0.15, -0.1) is 0 Å². The molecule has 2 heterocycles. The van der Waals surface area contributed by atoms with Crippen molar-refractivity contribution >= 4 is 17.7 Å². The van der Waals surface area contributed by atoms with Crippen LogP contribution in [0.3, 0.4) is 0 Å². The molecule has 8 nitrogen and oxygen atoms in total. The Labute approximate surface area is 162 Å². The Kier molecular flexibility index (Phi) is 8.32. The van der Waals surface area contributed by atoms with Gasteiger partial charge >= 0.3 is 0 Å². The Morgan fingerprint density at radius 3 is 2.59 bits per heavy atom. The molecule has 1 aliphatic heterocycles. The van der Waals surface area contributed by atoms with Crippen molar-refractivity contribution in [1.82, 2.24) is 25.4 Å². The van der Waals surface area contributed by atoms with E-state index in [1.807, 2.05) is 19.2 Å². The van der Waals surface area contributed by atoms with E-state index in [-0.39, 0.29) is 12.5 Å². The maximum atomic E-state index is 11.8. The minimum atomic E-state index is 0.0121. The molecule has 1 fully saturated rings. The molecule has 1 aromatic rings. The van der Waals surface area contributed by atoms with Crippen molar-refractivity contribution < 1.29 is 4.79 Å². The zero-order chi connectivity index (χ0) is 19.6. The molecule has 150 valence electrons. The molecule has 0 unspecified atom stereocenters. The van der Waals surface area contributed by atoms with Crippen molar-refractivity contribution in [3.8, 4) is 0 Å². The van der Waals surface area contributed by atoms with E-state index in [0.29, 0.717) is 12.5 Å². The highest BCUT2D eigenvalue weighted by atomic mass is 16.2. The van der Waals surface area contributed by atoms with E-state index >= 15 is 0 Å². The van der Waals surface area contributed by atoms with E-state index in [4.69, 9.17) is 0 Å². The Balaban J connectivity index is 1.96. The van der Waals surface area contributed by atoms with Crippen molar-refractivity contribution in [2.75, 3.05) is 64.8 Å². The molecule has 0 radical (unpaired) electrons. The van der Waals surface area contributed by atoms with Crippen molar-refractivity contribution in [2.45, 2.75) is 20.4 Å². The summed E-state index contributed by atoms with van der Waals surface area (Å²) in [5, 5.41) is 6.25. The van der Waals surface area contributed by atoms with Gasteiger partial charge in [-0.25, -0.2) is 9.98 Å². The average Bonchev–Trinajstić information content (AvgIpc) is 2.70. The number of hydrogen-bond donors (Lipinski definition) is 2. The van der Waals surface area contributed by atoms with Crippen molar-refractivity contribution in [2.24, 2.45) is 4.99 Å². The molecular weight excluding hydrogens is 342 g/mol. The molecule has 1 aliphatic rings. The summed E-state index contributed by atoms with van der Waals surface area (Å²) in [5.74, 6) is 1.67. The van der Waals surface area contributed by atoms with Crippen LogP contribution < -0.4 is 15.5 Å². The highest BCUT2D eigenvalue weighted by Crippen LogP contribution is 2.15. The Bertz CT molecular complexity index is 624. The van der Waals surface area contributed by atoms with Gasteiger partial charge in [-0.05, 0) is 31.2 Å². The van der Waals surface area contributed by atoms with E-state index in [1.165, 1.54) is 0 Å². The van der Waals surface area contributed by atoms with Crippen molar-refractivity contribution in [3.63, 3.8) is 0 Å². The van der Waals surface area contributed by atoms with E-state index in [9.17, 15) is 4.79 Å². The normalized spacial score (nSPS) is 15.6. The first kappa shape index (κ1) is 21.0. The molecule has 0 saturated carbocycles. The number of pyridine rings is 1. The standard InChI is InChI=1S/C19H33N7O/c1-5-20-19(23-15-18(27)24(3)4)22-14-16-7-8-21-17(13-16)26-11-9-25(6-2)10-12-26/h7-8,13H,5-6,9-12,14-15H2,1-4H3,(H2,20,22,23). The van der Waals surface area contributed by atoms with Gasteiger partial charge in [0.1, 0.15) is 5.82 Å². The third-order valence-electron chi connectivity index (χ3n) is 4.62. The van der Waals surface area contributed by atoms with Gasteiger partial charge in [-0.3, -0.25) is 4.79 Å². The third kappa shape index (κ3) is 6.71. The predicted molar refractivity (Wildman–Crippen MR) is 110 cm³/mol. The van der Waals surface area contributed by atoms with E-state index in [2.05, 4.69) is 43.4 Å². The first-order valence-electron chi connectivity index (χ1n) is 9.68. The molecule has 0 atom stereocenters. The molecule has 1 saturated heterocycles. The lowest BCUT2D eigenvalue weighted by atomic mass is 10.2. The molecule has 2 rings (SSSR count). The van der Waals surface area contributed by atoms with Gasteiger partial charge in [0.05, 0.1) is 13.1 Å². The summed E-state index contributed by atoms with van der Waals surface area (Å²) in [4.78, 5) is 27.2. The number of guanidine groups is 1. The monoisotopic (exact) mass is 375 g/mol. The smallest absolute Gasteiger partial charge is 0.241 e.